The summed E-state index contributed by atoms with van der Waals surface area (Å²) in [6.45, 7) is -0.714. The number of rotatable bonds is 62. The molecule has 42 atom stereocenters. The first-order chi connectivity index (χ1) is 68.0. The third-order valence-electron chi connectivity index (χ3n) is 27.2. The molecule has 0 aromatic carbocycles. The van der Waals surface area contributed by atoms with E-state index in [2.05, 4.69) is 40.4 Å². The molecule has 0 saturated carbocycles. The SMILES string of the molecule is CCCCCCCCCCCCC/C=C/[C@@H](O)[C@H](CO[C@@H]1OC(CO)[C@@H](O[C@@H]2OC(CO)[C@H](O)[C@H](O[C@@H]3OC(CO)[C@@H](O)[C@H](O[C@@H]4OC(CO[C@@H]5OC(CO)[C@@H](O)[C@H](O)C5NC(C)=O)[C@H](O)[C@H](O[C@@H]5OC(CO)[C@@H](O)[C@H](O[C@@H]6OC(CO)[C@H](O)[C@H](O[C@H]7OC(CO)[C@H](O)[C@H](O)C7NC(C)=O)C6O)C5NC(C)=O)C4O)C3NC(C)=O)C2O)[C@H](O)C1O)NC(=O)CCCCCCCCCCCCCCCCCCC. The van der Waals surface area contributed by atoms with Crippen molar-refractivity contribution in [2.75, 3.05) is 59.5 Å². The van der Waals surface area contributed by atoms with Crippen LogP contribution in [0.1, 0.15) is 234 Å². The van der Waals surface area contributed by atoms with Gasteiger partial charge in [-0.15, -0.1) is 0 Å². The number of amides is 5. The van der Waals surface area contributed by atoms with E-state index in [1.807, 2.05) is 6.08 Å². The lowest BCUT2D eigenvalue weighted by Gasteiger charge is -2.51. The molecule has 8 fully saturated rings. The first-order valence-electron chi connectivity index (χ1n) is 51.0. The highest BCUT2D eigenvalue weighted by molar-refractivity contribution is 5.76. The van der Waals surface area contributed by atoms with Gasteiger partial charge in [0.15, 0.2) is 50.3 Å². The molecule has 16 unspecified atom stereocenters. The second kappa shape index (κ2) is 63.7. The van der Waals surface area contributed by atoms with Crippen molar-refractivity contribution in [1.82, 2.24) is 26.6 Å². The molecule has 0 aromatic heterocycles. The van der Waals surface area contributed by atoms with E-state index in [0.29, 0.717) is 12.8 Å². The van der Waals surface area contributed by atoms with Crippen molar-refractivity contribution in [2.24, 2.45) is 0 Å². The zero-order chi connectivity index (χ0) is 104. The summed E-state index contributed by atoms with van der Waals surface area (Å²) in [5.41, 5.74) is 0. The van der Waals surface area contributed by atoms with Crippen LogP contribution in [0.2, 0.25) is 0 Å². The van der Waals surface area contributed by atoms with Crippen molar-refractivity contribution in [2.45, 2.75) is 492 Å². The highest BCUT2D eigenvalue weighted by Gasteiger charge is 2.61. The third kappa shape index (κ3) is 35.9. The monoisotopic (exact) mass is 2050 g/mol. The zero-order valence-corrected chi connectivity index (χ0v) is 82.4. The van der Waals surface area contributed by atoms with Crippen molar-refractivity contribution >= 4 is 29.5 Å². The van der Waals surface area contributed by atoms with Gasteiger partial charge in [0.2, 0.25) is 29.5 Å². The Hall–Kier alpha value is -4.43. The van der Waals surface area contributed by atoms with E-state index in [1.165, 1.54) is 116 Å². The Balaban J connectivity index is 1.01. The van der Waals surface area contributed by atoms with Crippen molar-refractivity contribution in [3.05, 3.63) is 12.2 Å². The van der Waals surface area contributed by atoms with Crippen LogP contribution in [0.3, 0.4) is 0 Å². The standard InChI is InChI=1S/C94H167N5O43/c1-7-9-11-13-15-17-19-21-22-23-24-26-28-30-32-34-36-38-62(112)99-52(53(111)37-35-33-31-29-27-25-20-18-16-14-12-10-8-2)46-127-91-77(123)76(122)81(60(45-106)135-91)137-92-78(124)85(72(118)58(43-104)133-92)141-89-66(98-51(6)110)83(70(116)57(42-103)131-89)139-94-80(126)86(73(119)61(136-94)47-128-87-63(95-48(3)107)74(120)67(113)54(39-100)129-87)142-90-65(97-50(5)109)82(69(115)56(41-102)132-90)138-93-79(125)84(71(117)59(44-105)134-93)140-88-64(96-49(4)108)75(121)68(114)55(40-101)130-88/h35,37,52-61,63-94,100-106,111,113-126H,7-34,36,38-47H2,1-6H3,(H,95,107)(H,96,108)(H,97,109)(H,98,110)(H,99,112)/b37-35+/t52-,53+,54?,55?,56?,57?,58?,59?,60?,61?,63?,64?,65?,66?,67+,68-,69+,70+,71-,72-,73-,74+,75+,76+,77?,78?,79?,80?,81+,82+,83+,84-,85-,86-,87+,88+,89-,90-,91+,92-,93-,94-/m0/s1. The van der Waals surface area contributed by atoms with Gasteiger partial charge in [0.1, 0.15) is 195 Å². The average Bonchev–Trinajstić information content (AvgIpc) is 0.757. The molecule has 0 bridgehead atoms. The van der Waals surface area contributed by atoms with Gasteiger partial charge >= 0.3 is 0 Å². The topological polar surface area (TPSA) is 738 Å². The number of hydrogen-bond acceptors (Lipinski definition) is 43. The molecule has 0 radical (unpaired) electrons. The van der Waals surface area contributed by atoms with Gasteiger partial charge < -0.3 is 215 Å². The van der Waals surface area contributed by atoms with Crippen molar-refractivity contribution < 1.29 is 212 Å². The van der Waals surface area contributed by atoms with E-state index in [-0.39, 0.29) is 12.3 Å². The number of aliphatic hydroxyl groups excluding tert-OH is 22. The van der Waals surface area contributed by atoms with E-state index < -0.39 is 341 Å². The first-order valence-corrected chi connectivity index (χ1v) is 51.0. The van der Waals surface area contributed by atoms with Gasteiger partial charge in [0.05, 0.1) is 71.6 Å². The molecule has 0 spiro atoms. The average molecular weight is 2060 g/mol. The number of ether oxygens (including phenoxy) is 16. The maximum atomic E-state index is 13.7. The van der Waals surface area contributed by atoms with Crippen LogP contribution in [0.5, 0.6) is 0 Å². The second-order valence-corrected chi connectivity index (χ2v) is 38.5. The molecule has 0 aromatic rings. The lowest BCUT2D eigenvalue weighted by atomic mass is 9.93. The molecule has 142 heavy (non-hydrogen) atoms. The van der Waals surface area contributed by atoms with E-state index >= 15 is 0 Å². The summed E-state index contributed by atoms with van der Waals surface area (Å²) in [6, 6.07) is -8.57. The smallest absolute Gasteiger partial charge is 0.220 e. The fourth-order valence-corrected chi connectivity index (χ4v) is 19.1. The summed E-state index contributed by atoms with van der Waals surface area (Å²) in [5, 5.41) is 264. The first kappa shape index (κ1) is 123. The normalized spacial score (nSPS) is 38.3. The Morgan fingerprint density at radius 3 is 0.930 bits per heavy atom. The van der Waals surface area contributed by atoms with Crippen molar-refractivity contribution in [1.29, 1.82) is 0 Å². The molecule has 0 aliphatic carbocycles. The number of carbonyl (C=O) groups is 5. The minimum atomic E-state index is -2.54. The van der Waals surface area contributed by atoms with Crippen LogP contribution >= 0.6 is 0 Å². The van der Waals surface area contributed by atoms with Crippen molar-refractivity contribution in [3.8, 4) is 0 Å². The Labute approximate surface area is 828 Å². The minimum absolute atomic E-state index is 0.133. The number of aliphatic hydroxyl groups is 22. The van der Waals surface area contributed by atoms with Crippen LogP contribution in [0.15, 0.2) is 12.2 Å². The van der Waals surface area contributed by atoms with Gasteiger partial charge in [0.25, 0.3) is 0 Å². The van der Waals surface area contributed by atoms with Crippen molar-refractivity contribution in [3.63, 3.8) is 0 Å². The summed E-state index contributed by atoms with van der Waals surface area (Å²) >= 11 is 0. The maximum Gasteiger partial charge on any atom is 0.220 e. The van der Waals surface area contributed by atoms with Crippen LogP contribution in [0.25, 0.3) is 0 Å². The van der Waals surface area contributed by atoms with Crippen LogP contribution < -0.4 is 26.6 Å². The van der Waals surface area contributed by atoms with Gasteiger partial charge in [0, 0.05) is 34.1 Å². The van der Waals surface area contributed by atoms with Crippen LogP contribution in [-0.2, 0) is 99.8 Å². The molecule has 8 rings (SSSR count). The Kier molecular flexibility index (Phi) is 55.0. The summed E-state index contributed by atoms with van der Waals surface area (Å²) < 4.78 is 96.9. The summed E-state index contributed by atoms with van der Waals surface area (Å²) in [7, 11) is 0. The van der Waals surface area contributed by atoms with Gasteiger partial charge in [-0.25, -0.2) is 0 Å². The second-order valence-electron chi connectivity index (χ2n) is 38.5. The Bertz CT molecular complexity index is 3570. The largest absolute Gasteiger partial charge is 0.394 e. The summed E-state index contributed by atoms with van der Waals surface area (Å²) in [4.78, 5) is 65.8. The molecule has 826 valence electrons. The van der Waals surface area contributed by atoms with Gasteiger partial charge in [-0.2, -0.15) is 0 Å². The lowest BCUT2D eigenvalue weighted by Crippen LogP contribution is -2.71. The molecule has 48 heteroatoms. The molecule has 5 amide bonds. The molecule has 48 nitrogen and oxygen atoms in total. The highest BCUT2D eigenvalue weighted by Crippen LogP contribution is 2.40. The quantitative estimate of drug-likeness (QED) is 0.0199. The molecule has 8 saturated heterocycles. The number of nitrogens with one attached hydrogen (secondary N) is 5. The molecule has 8 aliphatic rings. The van der Waals surface area contributed by atoms with E-state index in [1.54, 1.807) is 6.08 Å². The predicted octanol–water partition coefficient (Wildman–Crippen LogP) is -5.71. The maximum absolute atomic E-state index is 13.7. The Morgan fingerprint density at radius 1 is 0.282 bits per heavy atom. The predicted molar refractivity (Wildman–Crippen MR) is 491 cm³/mol. The third-order valence-corrected chi connectivity index (χ3v) is 27.2. The van der Waals surface area contributed by atoms with Crippen LogP contribution in [0.4, 0.5) is 0 Å². The van der Waals surface area contributed by atoms with Crippen LogP contribution in [0, 0.1) is 0 Å². The van der Waals surface area contributed by atoms with Crippen LogP contribution in [-0.4, -0.2) is 459 Å². The van der Waals surface area contributed by atoms with E-state index in [9.17, 15) is 136 Å². The van der Waals surface area contributed by atoms with Gasteiger partial charge in [-0.05, 0) is 19.3 Å². The zero-order valence-electron chi connectivity index (χ0n) is 82.4. The number of unbranched alkanes of at least 4 members (excludes halogenated alkanes) is 27. The lowest BCUT2D eigenvalue weighted by molar-refractivity contribution is -0.389. The van der Waals surface area contributed by atoms with E-state index in [0.717, 1.165) is 85.5 Å². The molecule has 8 heterocycles. The molecular formula is C94H167N5O43. The van der Waals surface area contributed by atoms with Gasteiger partial charge in [-0.1, -0.05) is 193 Å². The summed E-state index contributed by atoms with van der Waals surface area (Å²) in [5.74, 6) is -4.00. The fraction of sp³-hybridized carbons (Fsp3) is 0.926. The molecule has 27 N–H and O–H groups in total. The summed E-state index contributed by atoms with van der Waals surface area (Å²) in [6.07, 6.45) is -39.3. The van der Waals surface area contributed by atoms with E-state index in [4.69, 9.17) is 75.8 Å². The number of hydrogen-bond donors (Lipinski definition) is 27. The number of carbonyl (C=O) groups excluding carboxylic acids is 5. The fourth-order valence-electron chi connectivity index (χ4n) is 19.1. The highest BCUT2D eigenvalue weighted by atomic mass is 16.8. The Morgan fingerprint density at radius 2 is 0.563 bits per heavy atom. The minimum Gasteiger partial charge on any atom is -0.394 e. The molecule has 8 aliphatic heterocycles. The van der Waals surface area contributed by atoms with Gasteiger partial charge in [-0.3, -0.25) is 24.0 Å². The number of allylic oxidation sites excluding steroid dienone is 1. The molecular weight excluding hydrogens is 1890 g/mol.